The molecule has 4 atom stereocenters. The maximum Gasteiger partial charge on any atom is 0.223 e. The van der Waals surface area contributed by atoms with Crippen LogP contribution < -0.4 is 11.1 Å². The van der Waals surface area contributed by atoms with Gasteiger partial charge in [0, 0.05) is 18.0 Å². The van der Waals surface area contributed by atoms with E-state index in [1.807, 2.05) is 0 Å². The Morgan fingerprint density at radius 2 is 1.63 bits per heavy atom. The van der Waals surface area contributed by atoms with E-state index in [1.165, 1.54) is 32.1 Å². The Balaban J connectivity index is 1.37. The maximum absolute atomic E-state index is 12.4. The zero-order valence-corrected chi connectivity index (χ0v) is 11.7. The molecule has 0 aliphatic heterocycles. The lowest BCUT2D eigenvalue weighted by Crippen LogP contribution is -2.54. The Hall–Kier alpha value is -0.570. The summed E-state index contributed by atoms with van der Waals surface area (Å²) in [4.78, 5) is 12.4. The van der Waals surface area contributed by atoms with Gasteiger partial charge in [0.05, 0.1) is 0 Å². The van der Waals surface area contributed by atoms with Gasteiger partial charge in [-0.15, -0.1) is 0 Å². The highest BCUT2D eigenvalue weighted by Crippen LogP contribution is 2.54. The zero-order valence-electron chi connectivity index (χ0n) is 11.7. The lowest BCUT2D eigenvalue weighted by Gasteiger charge is -2.45. The fourth-order valence-corrected chi connectivity index (χ4v) is 4.86. The van der Waals surface area contributed by atoms with E-state index in [9.17, 15) is 4.79 Å². The van der Waals surface area contributed by atoms with Crippen LogP contribution >= 0.6 is 0 Å². The molecule has 3 heteroatoms. The van der Waals surface area contributed by atoms with E-state index in [0.717, 1.165) is 31.1 Å². The molecule has 0 aromatic heterocycles. The van der Waals surface area contributed by atoms with E-state index in [2.05, 4.69) is 5.32 Å². The van der Waals surface area contributed by atoms with Crippen molar-refractivity contribution in [3.8, 4) is 0 Å². The summed E-state index contributed by atoms with van der Waals surface area (Å²) >= 11 is 0. The molecule has 0 aromatic rings. The van der Waals surface area contributed by atoms with Crippen molar-refractivity contribution in [1.29, 1.82) is 0 Å². The summed E-state index contributed by atoms with van der Waals surface area (Å²) in [5, 5.41) is 3.42. The summed E-state index contributed by atoms with van der Waals surface area (Å²) in [7, 11) is 0. The van der Waals surface area contributed by atoms with E-state index in [-0.39, 0.29) is 0 Å². The quantitative estimate of drug-likeness (QED) is 0.818. The molecule has 0 saturated heterocycles. The standard InChI is InChI=1S/C16H26N2O/c17-12-6-10-2-1-3-11(7-12)15(10)18-16(19)14-8-13(14)9-4-5-9/h9-15H,1-8,17H2,(H,18,19). The summed E-state index contributed by atoms with van der Waals surface area (Å²) in [5.74, 6) is 3.69. The molecule has 106 valence electrons. The van der Waals surface area contributed by atoms with Crippen LogP contribution in [0.3, 0.4) is 0 Å². The number of rotatable bonds is 3. The second kappa shape index (κ2) is 4.47. The van der Waals surface area contributed by atoms with Crippen LogP contribution in [0.1, 0.15) is 51.4 Å². The normalized spacial score (nSPS) is 48.7. The van der Waals surface area contributed by atoms with Gasteiger partial charge in [0.15, 0.2) is 0 Å². The molecule has 4 rings (SSSR count). The smallest absolute Gasteiger partial charge is 0.223 e. The summed E-state index contributed by atoms with van der Waals surface area (Å²) in [6.07, 6.45) is 10.0. The van der Waals surface area contributed by atoms with E-state index >= 15 is 0 Å². The van der Waals surface area contributed by atoms with Gasteiger partial charge >= 0.3 is 0 Å². The molecular weight excluding hydrogens is 236 g/mol. The molecule has 3 nitrogen and oxygen atoms in total. The van der Waals surface area contributed by atoms with Crippen LogP contribution in [0.15, 0.2) is 0 Å². The van der Waals surface area contributed by atoms with Crippen LogP contribution in [0.5, 0.6) is 0 Å². The number of carbonyl (C=O) groups is 1. The Kier molecular flexibility index (Phi) is 2.87. The number of hydrogen-bond donors (Lipinski definition) is 2. The topological polar surface area (TPSA) is 55.1 Å². The van der Waals surface area contributed by atoms with Crippen LogP contribution in [0, 0.1) is 29.6 Å². The Morgan fingerprint density at radius 3 is 2.26 bits per heavy atom. The minimum Gasteiger partial charge on any atom is -0.353 e. The number of fused-ring (bicyclic) bond motifs is 2. The molecule has 4 saturated carbocycles. The molecule has 2 bridgehead atoms. The molecule has 0 radical (unpaired) electrons. The highest BCUT2D eigenvalue weighted by molar-refractivity contribution is 5.82. The lowest BCUT2D eigenvalue weighted by molar-refractivity contribution is -0.125. The molecule has 19 heavy (non-hydrogen) atoms. The van der Waals surface area contributed by atoms with Crippen molar-refractivity contribution in [2.45, 2.75) is 63.5 Å². The minimum atomic E-state index is 0.365. The molecule has 1 amide bonds. The third kappa shape index (κ3) is 2.31. The van der Waals surface area contributed by atoms with E-state index in [0.29, 0.717) is 35.7 Å². The average molecular weight is 262 g/mol. The second-order valence-corrected chi connectivity index (χ2v) is 7.56. The monoisotopic (exact) mass is 262 g/mol. The van der Waals surface area contributed by atoms with Crippen LogP contribution in [0.25, 0.3) is 0 Å². The highest BCUT2D eigenvalue weighted by atomic mass is 16.2. The summed E-state index contributed by atoms with van der Waals surface area (Å²) in [6, 6.07) is 0.824. The third-order valence-corrected chi connectivity index (χ3v) is 6.09. The van der Waals surface area contributed by atoms with Gasteiger partial charge in [0.2, 0.25) is 5.91 Å². The van der Waals surface area contributed by atoms with Gasteiger partial charge in [0.1, 0.15) is 0 Å². The van der Waals surface area contributed by atoms with Crippen molar-refractivity contribution in [3.63, 3.8) is 0 Å². The van der Waals surface area contributed by atoms with Gasteiger partial charge in [-0.25, -0.2) is 0 Å². The molecule has 4 aliphatic rings. The second-order valence-electron chi connectivity index (χ2n) is 7.56. The SMILES string of the molecule is NC1CC2CCCC(C1)C2NC(=O)C1CC1C1CC1. The van der Waals surface area contributed by atoms with Crippen molar-refractivity contribution in [2.75, 3.05) is 0 Å². The number of amides is 1. The predicted molar refractivity (Wildman–Crippen MR) is 74.3 cm³/mol. The Labute approximate surface area is 115 Å². The van der Waals surface area contributed by atoms with Crippen molar-refractivity contribution in [2.24, 2.45) is 35.3 Å². The van der Waals surface area contributed by atoms with Crippen molar-refractivity contribution >= 4 is 5.91 Å². The fourth-order valence-electron chi connectivity index (χ4n) is 4.86. The van der Waals surface area contributed by atoms with Gasteiger partial charge in [0.25, 0.3) is 0 Å². The zero-order chi connectivity index (χ0) is 13.0. The first kappa shape index (κ1) is 12.2. The maximum atomic E-state index is 12.4. The first-order valence-corrected chi connectivity index (χ1v) is 8.28. The molecule has 0 heterocycles. The van der Waals surface area contributed by atoms with Crippen molar-refractivity contribution in [1.82, 2.24) is 5.32 Å². The first-order chi connectivity index (χ1) is 9.22. The number of hydrogen-bond acceptors (Lipinski definition) is 2. The number of nitrogens with one attached hydrogen (secondary N) is 1. The molecule has 4 unspecified atom stereocenters. The van der Waals surface area contributed by atoms with Gasteiger partial charge in [-0.2, -0.15) is 0 Å². The fraction of sp³-hybridized carbons (Fsp3) is 0.938. The largest absolute Gasteiger partial charge is 0.353 e. The van der Waals surface area contributed by atoms with Crippen molar-refractivity contribution < 1.29 is 4.79 Å². The van der Waals surface area contributed by atoms with Gasteiger partial charge in [-0.3, -0.25) is 4.79 Å². The molecule has 0 aromatic carbocycles. The third-order valence-electron chi connectivity index (χ3n) is 6.09. The molecule has 4 aliphatic carbocycles. The van der Waals surface area contributed by atoms with Crippen molar-refractivity contribution in [3.05, 3.63) is 0 Å². The minimum absolute atomic E-state index is 0.365. The van der Waals surface area contributed by atoms with Gasteiger partial charge < -0.3 is 11.1 Å². The van der Waals surface area contributed by atoms with Gasteiger partial charge in [-0.05, 0) is 68.6 Å². The molecule has 0 spiro atoms. The van der Waals surface area contributed by atoms with E-state index in [1.54, 1.807) is 0 Å². The lowest BCUT2D eigenvalue weighted by atomic mass is 9.67. The van der Waals surface area contributed by atoms with Crippen LogP contribution in [-0.4, -0.2) is 18.0 Å². The highest BCUT2D eigenvalue weighted by Gasteiger charge is 2.52. The Morgan fingerprint density at radius 1 is 0.947 bits per heavy atom. The molecule has 4 fully saturated rings. The van der Waals surface area contributed by atoms with Gasteiger partial charge in [-0.1, -0.05) is 6.42 Å². The summed E-state index contributed by atoms with van der Waals surface area (Å²) in [6.45, 7) is 0. The number of carbonyl (C=O) groups excluding carboxylic acids is 1. The Bertz CT molecular complexity index is 365. The van der Waals surface area contributed by atoms with Crippen LogP contribution in [0.2, 0.25) is 0 Å². The average Bonchev–Trinajstić information content (AvgIpc) is 3.23. The molecular formula is C16H26N2O. The summed E-state index contributed by atoms with van der Waals surface area (Å²) < 4.78 is 0. The predicted octanol–water partition coefficient (Wildman–Crippen LogP) is 2.05. The van der Waals surface area contributed by atoms with Crippen LogP contribution in [-0.2, 0) is 4.79 Å². The van der Waals surface area contributed by atoms with E-state index in [4.69, 9.17) is 5.73 Å². The first-order valence-electron chi connectivity index (χ1n) is 8.28. The van der Waals surface area contributed by atoms with E-state index < -0.39 is 0 Å². The number of nitrogens with two attached hydrogens (primary N) is 1. The summed E-state index contributed by atoms with van der Waals surface area (Å²) in [5.41, 5.74) is 6.15. The molecule has 3 N–H and O–H groups in total. The van der Waals surface area contributed by atoms with Crippen LogP contribution in [0.4, 0.5) is 0 Å².